The fourth-order valence-corrected chi connectivity index (χ4v) is 9.74. The molecule has 49 heavy (non-hydrogen) atoms. The van der Waals surface area contributed by atoms with Gasteiger partial charge in [0.25, 0.3) is 0 Å². The van der Waals surface area contributed by atoms with Crippen molar-refractivity contribution in [3.63, 3.8) is 0 Å². The summed E-state index contributed by atoms with van der Waals surface area (Å²) < 4.78 is 71.5. The Hall–Kier alpha value is -3.32. The van der Waals surface area contributed by atoms with E-state index in [2.05, 4.69) is 0 Å². The number of benzene rings is 3. The highest BCUT2D eigenvalue weighted by Crippen LogP contribution is 2.63. The molecule has 1 fully saturated rings. The summed E-state index contributed by atoms with van der Waals surface area (Å²) in [7, 11) is -4.71. The summed E-state index contributed by atoms with van der Waals surface area (Å²) in [5.41, 5.74) is -0.415. The minimum absolute atomic E-state index is 0.168. The molecule has 0 bridgehead atoms. The van der Waals surface area contributed by atoms with Crippen molar-refractivity contribution in [3.05, 3.63) is 108 Å². The Morgan fingerprint density at radius 2 is 1.04 bits per heavy atom. The van der Waals surface area contributed by atoms with Gasteiger partial charge in [0.15, 0.2) is 24.2 Å². The van der Waals surface area contributed by atoms with E-state index in [4.69, 9.17) is 37.0 Å². The van der Waals surface area contributed by atoms with Crippen LogP contribution in [0, 0.1) is 0 Å². The van der Waals surface area contributed by atoms with Gasteiger partial charge in [-0.15, -0.1) is 11.8 Å². The molecule has 0 amide bonds. The van der Waals surface area contributed by atoms with Gasteiger partial charge in [-0.1, -0.05) is 61.5 Å². The lowest BCUT2D eigenvalue weighted by Crippen LogP contribution is -2.61. The number of hydrogen-bond donors (Lipinski definition) is 0. The van der Waals surface area contributed by atoms with Gasteiger partial charge in [0, 0.05) is 21.3 Å². The molecule has 3 aromatic carbocycles. The van der Waals surface area contributed by atoms with Gasteiger partial charge >= 0.3 is 33.1 Å². The number of rotatable bonds is 16. The summed E-state index contributed by atoms with van der Waals surface area (Å²) in [5.74, 6) is -2.61. The molecule has 0 N–H and O–H groups in total. The van der Waals surface area contributed by atoms with Gasteiger partial charge in [-0.25, -0.2) is 14.4 Å². The summed E-state index contributed by atoms with van der Waals surface area (Å²) in [6, 6.07) is 24.3. The summed E-state index contributed by atoms with van der Waals surface area (Å²) in [6.45, 7) is 1.28. The van der Waals surface area contributed by atoms with Crippen LogP contribution in [0.2, 0.25) is 0 Å². The maximum Gasteiger partial charge on any atom is 0.342 e. The van der Waals surface area contributed by atoms with Crippen LogP contribution < -0.4 is 0 Å². The van der Waals surface area contributed by atoms with E-state index in [0.717, 1.165) is 21.3 Å². The Bertz CT molecular complexity index is 1620. The minimum atomic E-state index is -4.18. The first kappa shape index (κ1) is 38.5. The normalized spacial score (nSPS) is 22.0. The van der Waals surface area contributed by atoms with E-state index in [1.54, 1.807) is 66.7 Å². The zero-order valence-corrected chi connectivity index (χ0v) is 29.9. The van der Waals surface area contributed by atoms with Gasteiger partial charge in [-0.3, -0.25) is 9.13 Å². The van der Waals surface area contributed by atoms with Crippen LogP contribution in [0.25, 0.3) is 0 Å². The van der Waals surface area contributed by atoms with Gasteiger partial charge in [0.05, 0.1) is 23.3 Å². The highest BCUT2D eigenvalue weighted by atomic mass is 32.2. The molecular formula is C33H38O13P2S. The van der Waals surface area contributed by atoms with Crippen molar-refractivity contribution >= 4 is 44.9 Å². The van der Waals surface area contributed by atoms with E-state index < -0.39 is 75.5 Å². The number of hydrogen-bond acceptors (Lipinski definition) is 14. The molecule has 0 aliphatic carbocycles. The number of ether oxygens (including phenoxy) is 4. The topological polar surface area (TPSA) is 159 Å². The summed E-state index contributed by atoms with van der Waals surface area (Å²) in [4.78, 5) is 40.5. The van der Waals surface area contributed by atoms with Crippen molar-refractivity contribution in [1.29, 1.82) is 0 Å². The van der Waals surface area contributed by atoms with E-state index in [1.165, 1.54) is 36.0 Å². The van der Waals surface area contributed by atoms with Crippen molar-refractivity contribution in [2.24, 2.45) is 0 Å². The number of carbonyl (C=O) groups is 3. The van der Waals surface area contributed by atoms with Crippen molar-refractivity contribution in [3.8, 4) is 0 Å². The van der Waals surface area contributed by atoms with E-state index in [9.17, 15) is 23.5 Å². The maximum absolute atomic E-state index is 13.6. The first-order valence-corrected chi connectivity index (χ1v) is 19.6. The fraction of sp³-hybridized carbons (Fsp3) is 0.364. The van der Waals surface area contributed by atoms with Gasteiger partial charge in [0.2, 0.25) is 0 Å². The van der Waals surface area contributed by atoms with Crippen LogP contribution in [0.1, 0.15) is 38.0 Å². The van der Waals surface area contributed by atoms with Crippen molar-refractivity contribution in [2.45, 2.75) is 36.8 Å². The smallest absolute Gasteiger partial charge is 0.342 e. The summed E-state index contributed by atoms with van der Waals surface area (Å²) in [5, 5.41) is 0. The van der Waals surface area contributed by atoms with E-state index >= 15 is 0 Å². The first-order valence-electron chi connectivity index (χ1n) is 15.1. The van der Waals surface area contributed by atoms with Crippen LogP contribution in [-0.4, -0.2) is 87.4 Å². The molecule has 0 saturated carbocycles. The van der Waals surface area contributed by atoms with E-state index in [-0.39, 0.29) is 16.7 Å². The van der Waals surface area contributed by atoms with Crippen LogP contribution >= 0.6 is 27.0 Å². The zero-order valence-electron chi connectivity index (χ0n) is 27.3. The Morgan fingerprint density at radius 1 is 0.633 bits per heavy atom. The molecule has 4 rings (SSSR count). The molecule has 0 aromatic heterocycles. The molecule has 1 heterocycles. The third kappa shape index (κ3) is 10.3. The zero-order chi connectivity index (χ0) is 35.4. The van der Waals surface area contributed by atoms with Gasteiger partial charge < -0.3 is 37.0 Å². The Morgan fingerprint density at radius 3 is 1.45 bits per heavy atom. The summed E-state index contributed by atoms with van der Waals surface area (Å²) in [6.07, 6.45) is -5.51. The van der Waals surface area contributed by atoms with Gasteiger partial charge in [0.1, 0.15) is 11.5 Å². The molecule has 6 atom stereocenters. The number of carbonyl (C=O) groups excluding carboxylic acids is 3. The Kier molecular flexibility index (Phi) is 14.2. The minimum Gasteiger partial charge on any atom is -0.452 e. The second-order valence-corrected chi connectivity index (χ2v) is 16.7. The molecule has 1 unspecified atom stereocenters. The van der Waals surface area contributed by atoms with Crippen molar-refractivity contribution < 1.29 is 60.6 Å². The monoisotopic (exact) mass is 736 g/mol. The molecule has 0 radical (unpaired) electrons. The average molecular weight is 737 g/mol. The molecule has 16 heteroatoms. The van der Waals surface area contributed by atoms with Gasteiger partial charge in [-0.2, -0.15) is 0 Å². The molecule has 13 nitrogen and oxygen atoms in total. The van der Waals surface area contributed by atoms with Gasteiger partial charge in [-0.05, 0) is 42.2 Å². The highest BCUT2D eigenvalue weighted by molar-refractivity contribution is 7.99. The number of esters is 3. The average Bonchev–Trinajstić information content (AvgIpc) is 3.14. The lowest BCUT2D eigenvalue weighted by molar-refractivity contribution is -0.205. The second-order valence-electron chi connectivity index (χ2n) is 10.4. The van der Waals surface area contributed by atoms with Crippen LogP contribution in [0.15, 0.2) is 91.0 Å². The maximum atomic E-state index is 13.6. The third-order valence-electron chi connectivity index (χ3n) is 7.30. The molecular weight excluding hydrogens is 698 g/mol. The summed E-state index contributed by atoms with van der Waals surface area (Å²) >= 11 is 1.23. The number of thioether (sulfide) groups is 1. The fourth-order valence-electron chi connectivity index (χ4n) is 4.75. The molecule has 1 aliphatic heterocycles. The predicted molar refractivity (Wildman–Crippen MR) is 181 cm³/mol. The quantitative estimate of drug-likeness (QED) is 0.0898. The third-order valence-corrected chi connectivity index (χ3v) is 13.3. The largest absolute Gasteiger partial charge is 0.452 e. The highest BCUT2D eigenvalue weighted by Gasteiger charge is 2.53. The standard InChI is InChI=1S/C33H38O13P2S/c1-5-49-33-29(46-32(36)25-19-13-8-14-20-25)28(45-31(35)24-17-11-7-12-18-24)27(44-30(34)23-15-9-6-10-16-23)26(43-33)21-42-48(38,41-4)22-47(37,39-2)40-3/h6-20,26-29,33H,5,21-22H2,1-4H3/t26-,27+,28+,29-,33+,48?/m1/s1. The lowest BCUT2D eigenvalue weighted by Gasteiger charge is -2.44. The van der Waals surface area contributed by atoms with Crippen LogP contribution in [0.5, 0.6) is 0 Å². The first-order chi connectivity index (χ1) is 23.5. The van der Waals surface area contributed by atoms with Crippen molar-refractivity contribution in [2.75, 3.05) is 39.6 Å². The molecule has 0 spiro atoms. The second kappa shape index (κ2) is 18.1. The van der Waals surface area contributed by atoms with Crippen molar-refractivity contribution in [1.82, 2.24) is 0 Å². The van der Waals surface area contributed by atoms with E-state index in [1.807, 2.05) is 6.92 Å². The predicted octanol–water partition coefficient (Wildman–Crippen LogP) is 6.44. The van der Waals surface area contributed by atoms with Crippen LogP contribution in [0.4, 0.5) is 0 Å². The lowest BCUT2D eigenvalue weighted by atomic mass is 9.98. The van der Waals surface area contributed by atoms with E-state index in [0.29, 0.717) is 5.75 Å². The Labute approximate surface area is 288 Å². The molecule has 1 aliphatic rings. The van der Waals surface area contributed by atoms with Crippen LogP contribution in [-0.2, 0) is 46.2 Å². The van der Waals surface area contributed by atoms with Crippen LogP contribution in [0.3, 0.4) is 0 Å². The Balaban J connectivity index is 1.77. The molecule has 1 saturated heterocycles. The SMILES string of the molecule is CCS[C@@H]1O[C@H](COP(=O)(CP(=O)(OC)OC)OC)[C@H](OC(=O)c2ccccc2)[C@H](OC(=O)c2ccccc2)[C@H]1OC(=O)c1ccccc1. The molecule has 3 aromatic rings. The molecule has 264 valence electrons.